The van der Waals surface area contributed by atoms with Crippen LogP contribution < -0.4 is 5.73 Å². The molecule has 0 bridgehead atoms. The van der Waals surface area contributed by atoms with E-state index in [9.17, 15) is 0 Å². The van der Waals surface area contributed by atoms with Gasteiger partial charge in [0, 0.05) is 18.0 Å². The predicted octanol–water partition coefficient (Wildman–Crippen LogP) is 2.73. The fourth-order valence-electron chi connectivity index (χ4n) is 1.67. The van der Waals surface area contributed by atoms with Crippen LogP contribution in [0.15, 0.2) is 18.2 Å². The molecule has 0 aliphatic carbocycles. The van der Waals surface area contributed by atoms with E-state index in [2.05, 4.69) is 18.9 Å². The van der Waals surface area contributed by atoms with Gasteiger partial charge in [0.2, 0.25) is 0 Å². The maximum Gasteiger partial charge on any atom is 0.158 e. The molecule has 0 fully saturated rings. The van der Waals surface area contributed by atoms with Crippen molar-refractivity contribution in [1.82, 2.24) is 9.78 Å². The average Bonchev–Trinajstić information content (AvgIpc) is 2.56. The Balaban J connectivity index is 2.69. The minimum absolute atomic E-state index is 0.309. The first-order valence-corrected chi connectivity index (χ1v) is 5.38. The van der Waals surface area contributed by atoms with Crippen molar-refractivity contribution in [3.63, 3.8) is 0 Å². The molecule has 15 heavy (non-hydrogen) atoms. The van der Waals surface area contributed by atoms with Crippen molar-refractivity contribution in [2.45, 2.75) is 26.4 Å². The van der Waals surface area contributed by atoms with E-state index < -0.39 is 0 Å². The molecule has 0 radical (unpaired) electrons. The molecule has 4 heteroatoms. The summed E-state index contributed by atoms with van der Waals surface area (Å²) in [6.07, 6.45) is 0. The molecular weight excluding hydrogens is 210 g/mol. The second kappa shape index (κ2) is 3.83. The maximum atomic E-state index is 6.08. The summed E-state index contributed by atoms with van der Waals surface area (Å²) < 4.78 is 1.93. The summed E-state index contributed by atoms with van der Waals surface area (Å²) >= 11 is 6.08. The summed E-state index contributed by atoms with van der Waals surface area (Å²) in [5, 5.41) is 5.84. The monoisotopic (exact) mass is 223 g/mol. The number of halogens is 1. The summed E-state index contributed by atoms with van der Waals surface area (Å²) in [4.78, 5) is 0. The lowest BCUT2D eigenvalue weighted by Gasteiger charge is -2.06. The van der Waals surface area contributed by atoms with Crippen LogP contribution in [0, 0.1) is 0 Å². The first-order chi connectivity index (χ1) is 7.13. The number of nitrogens with zero attached hydrogens (tertiary/aromatic N) is 2. The second-order valence-corrected chi connectivity index (χ2v) is 4.24. The van der Waals surface area contributed by atoms with Gasteiger partial charge in [-0.3, -0.25) is 4.68 Å². The van der Waals surface area contributed by atoms with E-state index in [4.69, 9.17) is 17.3 Å². The van der Waals surface area contributed by atoms with E-state index in [-0.39, 0.29) is 0 Å². The van der Waals surface area contributed by atoms with Gasteiger partial charge in [-0.25, -0.2) is 0 Å². The van der Waals surface area contributed by atoms with E-state index >= 15 is 0 Å². The van der Waals surface area contributed by atoms with Crippen molar-refractivity contribution in [3.05, 3.63) is 28.9 Å². The van der Waals surface area contributed by atoms with Crippen molar-refractivity contribution in [2.75, 3.05) is 0 Å². The Bertz CT molecular complexity index is 488. The number of benzene rings is 1. The van der Waals surface area contributed by atoms with E-state index in [0.717, 1.165) is 16.5 Å². The van der Waals surface area contributed by atoms with Gasteiger partial charge in [0.25, 0.3) is 0 Å². The Hall–Kier alpha value is -1.06. The molecule has 0 unspecified atom stereocenters. The Morgan fingerprint density at radius 3 is 2.80 bits per heavy atom. The molecule has 0 amide bonds. The molecule has 2 aromatic rings. The van der Waals surface area contributed by atoms with Crippen LogP contribution in [0.4, 0.5) is 0 Å². The number of fused-ring (bicyclic) bond motifs is 1. The Kier molecular flexibility index (Phi) is 2.67. The lowest BCUT2D eigenvalue weighted by Crippen LogP contribution is -2.02. The molecule has 2 N–H and O–H groups in total. The zero-order valence-electron chi connectivity index (χ0n) is 8.87. The fourth-order valence-corrected chi connectivity index (χ4v) is 1.90. The number of hydrogen-bond acceptors (Lipinski definition) is 2. The van der Waals surface area contributed by atoms with Gasteiger partial charge >= 0.3 is 0 Å². The van der Waals surface area contributed by atoms with Gasteiger partial charge in [0.1, 0.15) is 0 Å². The smallest absolute Gasteiger partial charge is 0.158 e. The maximum absolute atomic E-state index is 6.08. The van der Waals surface area contributed by atoms with Crippen LogP contribution >= 0.6 is 11.6 Å². The first kappa shape index (κ1) is 10.5. The van der Waals surface area contributed by atoms with Crippen LogP contribution in [0.25, 0.3) is 10.9 Å². The Labute approximate surface area is 93.8 Å². The van der Waals surface area contributed by atoms with Gasteiger partial charge in [0.05, 0.1) is 5.52 Å². The lowest BCUT2D eigenvalue weighted by atomic mass is 10.1. The molecule has 1 aromatic carbocycles. The van der Waals surface area contributed by atoms with Gasteiger partial charge in [-0.15, -0.1) is 0 Å². The molecule has 1 aromatic heterocycles. The third-order valence-electron chi connectivity index (χ3n) is 2.45. The van der Waals surface area contributed by atoms with Crippen molar-refractivity contribution in [2.24, 2.45) is 5.73 Å². The van der Waals surface area contributed by atoms with E-state index in [1.165, 1.54) is 0 Å². The molecule has 0 aliphatic heterocycles. The van der Waals surface area contributed by atoms with Crippen molar-refractivity contribution < 1.29 is 0 Å². The van der Waals surface area contributed by atoms with Gasteiger partial charge in [-0.1, -0.05) is 17.7 Å². The highest BCUT2D eigenvalue weighted by atomic mass is 35.5. The number of nitrogens with two attached hydrogens (primary N) is 1. The zero-order chi connectivity index (χ0) is 11.0. The molecule has 1 heterocycles. The lowest BCUT2D eigenvalue weighted by molar-refractivity contribution is 0.551. The van der Waals surface area contributed by atoms with Crippen LogP contribution in [0.2, 0.25) is 5.15 Å². The molecule has 2 rings (SSSR count). The fraction of sp³-hybridized carbons (Fsp3) is 0.364. The summed E-state index contributed by atoms with van der Waals surface area (Å²) in [6, 6.07) is 6.35. The average molecular weight is 224 g/mol. The van der Waals surface area contributed by atoms with Gasteiger partial charge < -0.3 is 5.73 Å². The molecule has 3 nitrogen and oxygen atoms in total. The first-order valence-electron chi connectivity index (χ1n) is 5.00. The topological polar surface area (TPSA) is 43.8 Å². The molecule has 0 atom stereocenters. The molecule has 0 aliphatic rings. The minimum Gasteiger partial charge on any atom is -0.326 e. The van der Waals surface area contributed by atoms with Crippen LogP contribution in [0.1, 0.15) is 25.5 Å². The zero-order valence-corrected chi connectivity index (χ0v) is 9.62. The molecular formula is C11H14ClN3. The second-order valence-electron chi connectivity index (χ2n) is 3.88. The molecule has 0 saturated heterocycles. The van der Waals surface area contributed by atoms with Crippen LogP contribution in [0.5, 0.6) is 0 Å². The molecule has 0 spiro atoms. The van der Waals surface area contributed by atoms with Crippen LogP contribution in [0.3, 0.4) is 0 Å². The van der Waals surface area contributed by atoms with E-state index in [1.54, 1.807) is 0 Å². The van der Waals surface area contributed by atoms with Crippen LogP contribution in [-0.2, 0) is 6.54 Å². The van der Waals surface area contributed by atoms with Crippen molar-refractivity contribution >= 4 is 22.5 Å². The normalized spacial score (nSPS) is 11.5. The van der Waals surface area contributed by atoms with Crippen molar-refractivity contribution in [1.29, 1.82) is 0 Å². The highest BCUT2D eigenvalue weighted by Gasteiger charge is 2.10. The third kappa shape index (κ3) is 1.73. The summed E-state index contributed by atoms with van der Waals surface area (Å²) in [5.41, 5.74) is 7.73. The molecule has 80 valence electrons. The van der Waals surface area contributed by atoms with Gasteiger partial charge in [0.15, 0.2) is 5.15 Å². The highest BCUT2D eigenvalue weighted by Crippen LogP contribution is 2.26. The molecule has 0 saturated carbocycles. The summed E-state index contributed by atoms with van der Waals surface area (Å²) in [5.74, 6) is 0. The van der Waals surface area contributed by atoms with Crippen LogP contribution in [-0.4, -0.2) is 9.78 Å². The standard InChI is InChI=1S/C11H14ClN3/c1-7(2)15-10-4-3-8(6-13)5-9(10)11(12)14-15/h3-5,7H,6,13H2,1-2H3. The van der Waals surface area contributed by atoms with E-state index in [1.807, 2.05) is 22.9 Å². The number of hydrogen-bond donors (Lipinski definition) is 1. The van der Waals surface area contributed by atoms with E-state index in [0.29, 0.717) is 17.7 Å². The van der Waals surface area contributed by atoms with Gasteiger partial charge in [-0.05, 0) is 31.5 Å². The highest BCUT2D eigenvalue weighted by molar-refractivity contribution is 6.34. The number of rotatable bonds is 2. The summed E-state index contributed by atoms with van der Waals surface area (Å²) in [7, 11) is 0. The predicted molar refractivity (Wildman–Crippen MR) is 63.0 cm³/mol. The third-order valence-corrected chi connectivity index (χ3v) is 2.73. The van der Waals surface area contributed by atoms with Gasteiger partial charge in [-0.2, -0.15) is 5.10 Å². The quantitative estimate of drug-likeness (QED) is 0.851. The largest absolute Gasteiger partial charge is 0.326 e. The SMILES string of the molecule is CC(C)n1nc(Cl)c2cc(CN)ccc21. The Morgan fingerprint density at radius 2 is 2.20 bits per heavy atom. The van der Waals surface area contributed by atoms with Crippen molar-refractivity contribution in [3.8, 4) is 0 Å². The summed E-state index contributed by atoms with van der Waals surface area (Å²) in [6.45, 7) is 4.69. The minimum atomic E-state index is 0.309. The number of aromatic nitrogens is 2. The Morgan fingerprint density at radius 1 is 1.47 bits per heavy atom.